The monoisotopic (exact) mass is 467 g/mol. The quantitative estimate of drug-likeness (QED) is 0.614. The molecule has 1 saturated heterocycles. The Morgan fingerprint density at radius 3 is 2.73 bits per heavy atom. The average Bonchev–Trinajstić information content (AvgIpc) is 3.31. The van der Waals surface area contributed by atoms with Crippen LogP contribution in [-0.4, -0.2) is 33.1 Å². The molecule has 0 radical (unpaired) electrons. The van der Waals surface area contributed by atoms with Crippen molar-refractivity contribution in [1.82, 2.24) is 14.8 Å². The highest BCUT2D eigenvalue weighted by atomic mass is 35.5. The molecule has 0 saturated carbocycles. The van der Waals surface area contributed by atoms with Gasteiger partial charge in [0.25, 0.3) is 0 Å². The highest BCUT2D eigenvalue weighted by molar-refractivity contribution is 6.30. The van der Waals surface area contributed by atoms with Crippen LogP contribution in [0.5, 0.6) is 0 Å². The molecule has 7 nitrogen and oxygen atoms in total. The molecular formula is C24H23ClFN5O2. The first-order valence-electron chi connectivity index (χ1n) is 11.1. The van der Waals surface area contributed by atoms with E-state index in [0.717, 1.165) is 38.1 Å². The van der Waals surface area contributed by atoms with E-state index in [4.69, 9.17) is 11.6 Å². The standard InChI is InChI=1S/C24H23ClFN5O2/c25-17-6-8-18(9-7-17)31-14-16(13-22(31)32)24(33)27-20-12-15(5-10-19(20)26)23-29-28-21-4-2-1-3-11-30(21)23/h5-10,12,16H,1-4,11,13-14H2,(H,27,33). The van der Waals surface area contributed by atoms with E-state index >= 15 is 0 Å². The molecule has 1 unspecified atom stereocenters. The highest BCUT2D eigenvalue weighted by Crippen LogP contribution is 2.29. The molecule has 1 atom stereocenters. The van der Waals surface area contributed by atoms with Gasteiger partial charge < -0.3 is 14.8 Å². The number of halogens is 2. The second kappa shape index (κ2) is 8.94. The maximum absolute atomic E-state index is 14.6. The van der Waals surface area contributed by atoms with Crippen LogP contribution in [-0.2, 0) is 22.6 Å². The van der Waals surface area contributed by atoms with Crippen molar-refractivity contribution in [3.63, 3.8) is 0 Å². The van der Waals surface area contributed by atoms with Crippen molar-refractivity contribution in [1.29, 1.82) is 0 Å². The fraction of sp³-hybridized carbons (Fsp3) is 0.333. The molecule has 2 aromatic carbocycles. The first-order valence-corrected chi connectivity index (χ1v) is 11.5. The van der Waals surface area contributed by atoms with E-state index in [2.05, 4.69) is 20.1 Å². The number of benzene rings is 2. The first kappa shape index (κ1) is 21.6. The minimum absolute atomic E-state index is 0.0630. The summed E-state index contributed by atoms with van der Waals surface area (Å²) < 4.78 is 16.6. The molecule has 0 aliphatic carbocycles. The van der Waals surface area contributed by atoms with Crippen molar-refractivity contribution in [3.8, 4) is 11.4 Å². The third-order valence-electron chi connectivity index (χ3n) is 6.23. The molecule has 2 amide bonds. The van der Waals surface area contributed by atoms with Gasteiger partial charge in [-0.25, -0.2) is 4.39 Å². The van der Waals surface area contributed by atoms with Gasteiger partial charge in [-0.2, -0.15) is 0 Å². The summed E-state index contributed by atoms with van der Waals surface area (Å²) in [6, 6.07) is 11.4. The number of nitrogens with zero attached hydrogens (tertiary/aromatic N) is 4. The molecule has 1 fully saturated rings. The molecule has 1 N–H and O–H groups in total. The predicted octanol–water partition coefficient (Wildman–Crippen LogP) is 4.46. The molecule has 2 aliphatic heterocycles. The van der Waals surface area contributed by atoms with Crippen molar-refractivity contribution in [2.24, 2.45) is 5.92 Å². The van der Waals surface area contributed by atoms with Gasteiger partial charge in [-0.15, -0.1) is 10.2 Å². The minimum atomic E-state index is -0.583. The number of fused-ring (bicyclic) bond motifs is 1. The zero-order valence-electron chi connectivity index (χ0n) is 17.9. The van der Waals surface area contributed by atoms with Crippen LogP contribution in [0, 0.1) is 11.7 Å². The minimum Gasteiger partial charge on any atom is -0.323 e. The van der Waals surface area contributed by atoms with Gasteiger partial charge in [-0.3, -0.25) is 9.59 Å². The molecule has 0 spiro atoms. The van der Waals surface area contributed by atoms with Crippen LogP contribution < -0.4 is 10.2 Å². The van der Waals surface area contributed by atoms with Crippen LogP contribution >= 0.6 is 11.6 Å². The third-order valence-corrected chi connectivity index (χ3v) is 6.48. The Labute approximate surface area is 195 Å². The van der Waals surface area contributed by atoms with Crippen molar-refractivity contribution in [2.75, 3.05) is 16.8 Å². The Bertz CT molecular complexity index is 1210. The van der Waals surface area contributed by atoms with Gasteiger partial charge in [0.15, 0.2) is 5.82 Å². The van der Waals surface area contributed by atoms with Gasteiger partial charge in [0, 0.05) is 42.2 Å². The molecule has 3 aromatic rings. The number of aryl methyl sites for hydroxylation is 1. The number of rotatable bonds is 4. The molecule has 5 rings (SSSR count). The number of carbonyl (C=O) groups excluding carboxylic acids is 2. The van der Waals surface area contributed by atoms with Crippen molar-refractivity contribution in [3.05, 3.63) is 59.1 Å². The average molecular weight is 468 g/mol. The van der Waals surface area contributed by atoms with Gasteiger partial charge in [0.05, 0.1) is 11.6 Å². The second-order valence-electron chi connectivity index (χ2n) is 8.47. The topological polar surface area (TPSA) is 80.1 Å². The fourth-order valence-electron chi connectivity index (χ4n) is 4.45. The van der Waals surface area contributed by atoms with E-state index in [1.165, 1.54) is 6.07 Å². The third kappa shape index (κ3) is 4.35. The number of hydrogen-bond donors (Lipinski definition) is 1. The second-order valence-corrected chi connectivity index (χ2v) is 8.90. The number of carbonyl (C=O) groups is 2. The molecule has 33 heavy (non-hydrogen) atoms. The molecule has 170 valence electrons. The van der Waals surface area contributed by atoms with Gasteiger partial charge in [0.1, 0.15) is 11.6 Å². The summed E-state index contributed by atoms with van der Waals surface area (Å²) in [5.41, 5.74) is 1.44. The van der Waals surface area contributed by atoms with Crippen LogP contribution in [0.3, 0.4) is 0 Å². The largest absolute Gasteiger partial charge is 0.323 e. The smallest absolute Gasteiger partial charge is 0.229 e. The summed E-state index contributed by atoms with van der Waals surface area (Å²) in [5, 5.41) is 11.9. The van der Waals surface area contributed by atoms with Crippen molar-refractivity contribution >= 4 is 34.8 Å². The predicted molar refractivity (Wildman–Crippen MR) is 124 cm³/mol. The van der Waals surface area contributed by atoms with Crippen LogP contribution in [0.25, 0.3) is 11.4 Å². The van der Waals surface area contributed by atoms with E-state index in [1.807, 2.05) is 0 Å². The summed E-state index contributed by atoms with van der Waals surface area (Å²) in [4.78, 5) is 27.0. The Kier molecular flexibility index (Phi) is 5.85. The van der Waals surface area contributed by atoms with Gasteiger partial charge in [0.2, 0.25) is 11.8 Å². The zero-order chi connectivity index (χ0) is 22.9. The van der Waals surface area contributed by atoms with Crippen LogP contribution in [0.4, 0.5) is 15.8 Å². The molecule has 1 aromatic heterocycles. The zero-order valence-corrected chi connectivity index (χ0v) is 18.7. The molecule has 9 heteroatoms. The van der Waals surface area contributed by atoms with Crippen LogP contribution in [0.2, 0.25) is 5.02 Å². The van der Waals surface area contributed by atoms with E-state index in [1.54, 1.807) is 41.3 Å². The molecular weight excluding hydrogens is 445 g/mol. The number of nitrogens with one attached hydrogen (secondary N) is 1. The lowest BCUT2D eigenvalue weighted by molar-refractivity contribution is -0.122. The Balaban J connectivity index is 1.34. The number of hydrogen-bond acceptors (Lipinski definition) is 4. The fourth-order valence-corrected chi connectivity index (χ4v) is 4.57. The van der Waals surface area contributed by atoms with E-state index in [-0.39, 0.29) is 24.6 Å². The van der Waals surface area contributed by atoms with E-state index in [0.29, 0.717) is 22.1 Å². The Hall–Kier alpha value is -3.26. The van der Waals surface area contributed by atoms with Gasteiger partial charge in [-0.1, -0.05) is 18.0 Å². The van der Waals surface area contributed by atoms with Gasteiger partial charge in [-0.05, 0) is 55.3 Å². The summed E-state index contributed by atoms with van der Waals surface area (Å²) in [6.07, 6.45) is 4.20. The van der Waals surface area contributed by atoms with Crippen LogP contribution in [0.1, 0.15) is 31.5 Å². The maximum atomic E-state index is 14.6. The Morgan fingerprint density at radius 2 is 1.91 bits per heavy atom. The summed E-state index contributed by atoms with van der Waals surface area (Å²) in [6.45, 7) is 1.05. The lowest BCUT2D eigenvalue weighted by atomic mass is 10.1. The van der Waals surface area contributed by atoms with E-state index < -0.39 is 17.6 Å². The van der Waals surface area contributed by atoms with Gasteiger partial charge >= 0.3 is 0 Å². The SMILES string of the molecule is O=C(Nc1cc(-c2nnc3n2CCCCC3)ccc1F)C1CC(=O)N(c2ccc(Cl)cc2)C1. The lowest BCUT2D eigenvalue weighted by Gasteiger charge is -2.17. The molecule has 0 bridgehead atoms. The highest BCUT2D eigenvalue weighted by Gasteiger charge is 2.35. The van der Waals surface area contributed by atoms with Crippen LogP contribution in [0.15, 0.2) is 42.5 Å². The first-order chi connectivity index (χ1) is 16.0. The summed E-state index contributed by atoms with van der Waals surface area (Å²) in [7, 11) is 0. The van der Waals surface area contributed by atoms with E-state index in [9.17, 15) is 14.0 Å². The normalized spacial score (nSPS) is 18.2. The van der Waals surface area contributed by atoms with Crippen molar-refractivity contribution in [2.45, 2.75) is 38.6 Å². The molecule has 2 aliphatic rings. The summed E-state index contributed by atoms with van der Waals surface area (Å²) in [5.74, 6) is -0.0625. The lowest BCUT2D eigenvalue weighted by Crippen LogP contribution is -2.28. The summed E-state index contributed by atoms with van der Waals surface area (Å²) >= 11 is 5.92. The maximum Gasteiger partial charge on any atom is 0.229 e. The number of anilines is 2. The van der Waals surface area contributed by atoms with Crippen molar-refractivity contribution < 1.29 is 14.0 Å². The number of aromatic nitrogens is 3. The molecule has 3 heterocycles. The Morgan fingerprint density at radius 1 is 1.09 bits per heavy atom. The number of amides is 2.